The van der Waals surface area contributed by atoms with Crippen LogP contribution in [-0.2, 0) is 16.6 Å². The van der Waals surface area contributed by atoms with E-state index in [1.165, 1.54) is 25.5 Å². The number of amides is 2. The van der Waals surface area contributed by atoms with Crippen LogP contribution in [0.2, 0.25) is 0 Å². The van der Waals surface area contributed by atoms with Gasteiger partial charge in [-0.3, -0.25) is 19.2 Å². The van der Waals surface area contributed by atoms with Crippen molar-refractivity contribution in [1.29, 1.82) is 0 Å². The number of aromatic nitrogens is 1. The highest BCUT2D eigenvalue weighted by molar-refractivity contribution is 9.10. The number of esters is 1. The molecule has 0 N–H and O–H groups in total. The molecule has 148 valence electrons. The molecule has 8 heteroatoms. The fourth-order valence-electron chi connectivity index (χ4n) is 3.06. The van der Waals surface area contributed by atoms with Crippen LogP contribution < -0.4 is 15.2 Å². The van der Waals surface area contributed by atoms with Crippen molar-refractivity contribution in [2.24, 2.45) is 7.05 Å². The summed E-state index contributed by atoms with van der Waals surface area (Å²) in [5.74, 6) is -2.32. The highest BCUT2D eigenvalue weighted by Crippen LogP contribution is 2.31. The smallest absolute Gasteiger partial charge is 0.308 e. The van der Waals surface area contributed by atoms with Gasteiger partial charge in [-0.05, 0) is 30.3 Å². The second kappa shape index (κ2) is 8.00. The quantitative estimate of drug-likeness (QED) is 0.563. The zero-order valence-corrected chi connectivity index (χ0v) is 17.5. The van der Waals surface area contributed by atoms with Gasteiger partial charge in [0, 0.05) is 30.8 Å². The van der Waals surface area contributed by atoms with Gasteiger partial charge in [0.2, 0.25) is 5.91 Å². The Morgan fingerprint density at radius 2 is 1.69 bits per heavy atom. The number of anilines is 1. The average Bonchev–Trinajstić information content (AvgIpc) is 2.66. The molecule has 0 aliphatic rings. The minimum atomic E-state index is -0.873. The Morgan fingerprint density at radius 1 is 1.03 bits per heavy atom. The molecule has 2 amide bonds. The SMILES string of the molecule is CC(=O)Oc1c(C(=O)N(C(C)=O)c2ccccc2)c(=O)n(C)c2ccc(Br)cc12. The van der Waals surface area contributed by atoms with Crippen molar-refractivity contribution in [1.82, 2.24) is 4.57 Å². The summed E-state index contributed by atoms with van der Waals surface area (Å²) >= 11 is 3.35. The standard InChI is InChI=1S/C21H17BrN2O5/c1-12(25)24(15-7-5-4-6-8-15)21(28)18-19(29-13(2)26)16-11-14(22)9-10-17(16)23(3)20(18)27/h4-11H,1-3H3. The number of imide groups is 1. The zero-order valence-electron chi connectivity index (χ0n) is 15.9. The Balaban J connectivity index is 2.36. The van der Waals surface area contributed by atoms with E-state index in [0.717, 1.165) is 4.90 Å². The summed E-state index contributed by atoms with van der Waals surface area (Å²) in [4.78, 5) is 51.4. The highest BCUT2D eigenvalue weighted by atomic mass is 79.9. The first-order valence-electron chi connectivity index (χ1n) is 8.63. The van der Waals surface area contributed by atoms with Gasteiger partial charge in [0.05, 0.1) is 11.2 Å². The van der Waals surface area contributed by atoms with Crippen molar-refractivity contribution < 1.29 is 19.1 Å². The lowest BCUT2D eigenvalue weighted by molar-refractivity contribution is -0.131. The molecular weight excluding hydrogens is 440 g/mol. The van der Waals surface area contributed by atoms with Crippen LogP contribution in [0, 0.1) is 0 Å². The molecule has 7 nitrogen and oxygen atoms in total. The number of hydrogen-bond acceptors (Lipinski definition) is 5. The van der Waals surface area contributed by atoms with Crippen molar-refractivity contribution in [3.63, 3.8) is 0 Å². The van der Waals surface area contributed by atoms with Crippen molar-refractivity contribution >= 4 is 50.3 Å². The summed E-state index contributed by atoms with van der Waals surface area (Å²) in [7, 11) is 1.51. The van der Waals surface area contributed by atoms with Crippen molar-refractivity contribution in [2.75, 3.05) is 4.90 Å². The molecule has 0 radical (unpaired) electrons. The summed E-state index contributed by atoms with van der Waals surface area (Å²) in [6, 6.07) is 13.3. The lowest BCUT2D eigenvalue weighted by Crippen LogP contribution is -2.40. The lowest BCUT2D eigenvalue weighted by Gasteiger charge is -2.21. The fourth-order valence-corrected chi connectivity index (χ4v) is 3.42. The van der Waals surface area contributed by atoms with Gasteiger partial charge in [-0.1, -0.05) is 34.1 Å². The Labute approximate surface area is 174 Å². The number of ether oxygens (including phenoxy) is 1. The first-order valence-corrected chi connectivity index (χ1v) is 9.42. The lowest BCUT2D eigenvalue weighted by atomic mass is 10.1. The van der Waals surface area contributed by atoms with Crippen molar-refractivity contribution in [2.45, 2.75) is 13.8 Å². The van der Waals surface area contributed by atoms with E-state index in [4.69, 9.17) is 4.74 Å². The summed E-state index contributed by atoms with van der Waals surface area (Å²) in [5.41, 5.74) is -0.300. The number of benzene rings is 2. The monoisotopic (exact) mass is 456 g/mol. The van der Waals surface area contributed by atoms with E-state index < -0.39 is 28.9 Å². The average molecular weight is 457 g/mol. The highest BCUT2D eigenvalue weighted by Gasteiger charge is 2.30. The largest absolute Gasteiger partial charge is 0.425 e. The number of nitrogens with zero attached hydrogens (tertiary/aromatic N) is 2. The minimum absolute atomic E-state index is 0.177. The maximum absolute atomic E-state index is 13.4. The normalized spacial score (nSPS) is 10.6. The molecule has 0 aliphatic heterocycles. The van der Waals surface area contributed by atoms with E-state index in [1.54, 1.807) is 48.5 Å². The van der Waals surface area contributed by atoms with Crippen LogP contribution in [0.3, 0.4) is 0 Å². The van der Waals surface area contributed by atoms with Gasteiger partial charge in [-0.25, -0.2) is 4.90 Å². The molecule has 0 saturated heterocycles. The number of rotatable bonds is 3. The molecule has 0 fully saturated rings. The molecular formula is C21H17BrN2O5. The van der Waals surface area contributed by atoms with Crippen LogP contribution in [0.4, 0.5) is 5.69 Å². The third kappa shape index (κ3) is 3.84. The van der Waals surface area contributed by atoms with E-state index in [9.17, 15) is 19.2 Å². The molecule has 0 spiro atoms. The van der Waals surface area contributed by atoms with E-state index in [1.807, 2.05) is 0 Å². The Bertz CT molecular complexity index is 1200. The first-order chi connectivity index (χ1) is 13.7. The third-order valence-electron chi connectivity index (χ3n) is 4.30. The van der Waals surface area contributed by atoms with E-state index in [0.29, 0.717) is 21.1 Å². The number of carbonyl (C=O) groups is 3. The zero-order chi connectivity index (χ0) is 21.3. The Hall–Kier alpha value is -3.26. The number of hydrogen-bond donors (Lipinski definition) is 0. The van der Waals surface area contributed by atoms with Gasteiger partial charge in [-0.2, -0.15) is 0 Å². The van der Waals surface area contributed by atoms with Gasteiger partial charge >= 0.3 is 5.97 Å². The topological polar surface area (TPSA) is 85.7 Å². The molecule has 0 unspecified atom stereocenters. The molecule has 3 aromatic rings. The fraction of sp³-hybridized carbons (Fsp3) is 0.143. The molecule has 1 aromatic heterocycles. The molecule has 2 aromatic carbocycles. The minimum Gasteiger partial charge on any atom is -0.425 e. The van der Waals surface area contributed by atoms with Crippen LogP contribution in [0.25, 0.3) is 10.9 Å². The van der Waals surface area contributed by atoms with E-state index >= 15 is 0 Å². The van der Waals surface area contributed by atoms with Crippen LogP contribution in [0.1, 0.15) is 24.2 Å². The summed E-state index contributed by atoms with van der Waals surface area (Å²) < 4.78 is 7.26. The number of aryl methyl sites for hydroxylation is 1. The van der Waals surface area contributed by atoms with Crippen molar-refractivity contribution in [3.05, 3.63) is 68.9 Å². The Morgan fingerprint density at radius 3 is 2.28 bits per heavy atom. The number of halogens is 1. The molecule has 29 heavy (non-hydrogen) atoms. The number of carbonyl (C=O) groups excluding carboxylic acids is 3. The predicted molar refractivity (Wildman–Crippen MR) is 112 cm³/mol. The van der Waals surface area contributed by atoms with Crippen molar-refractivity contribution in [3.8, 4) is 5.75 Å². The number of fused-ring (bicyclic) bond motifs is 1. The van der Waals surface area contributed by atoms with Gasteiger partial charge < -0.3 is 9.30 Å². The van der Waals surface area contributed by atoms with E-state index in [-0.39, 0.29) is 5.75 Å². The summed E-state index contributed by atoms with van der Waals surface area (Å²) in [6.45, 7) is 2.40. The van der Waals surface area contributed by atoms with Gasteiger partial charge in [0.15, 0.2) is 5.75 Å². The first kappa shape index (κ1) is 20.5. The van der Waals surface area contributed by atoms with Gasteiger partial charge in [-0.15, -0.1) is 0 Å². The molecule has 0 bridgehead atoms. The molecule has 0 aliphatic carbocycles. The molecule has 3 rings (SSSR count). The van der Waals surface area contributed by atoms with E-state index in [2.05, 4.69) is 15.9 Å². The third-order valence-corrected chi connectivity index (χ3v) is 4.80. The second-order valence-electron chi connectivity index (χ2n) is 6.32. The molecule has 0 saturated carbocycles. The second-order valence-corrected chi connectivity index (χ2v) is 7.23. The van der Waals surface area contributed by atoms with Gasteiger partial charge in [0.25, 0.3) is 11.5 Å². The predicted octanol–water partition coefficient (Wildman–Crippen LogP) is 3.42. The maximum atomic E-state index is 13.4. The van der Waals surface area contributed by atoms with Gasteiger partial charge in [0.1, 0.15) is 5.56 Å². The summed E-state index contributed by atoms with van der Waals surface area (Å²) in [6.07, 6.45) is 0. The summed E-state index contributed by atoms with van der Waals surface area (Å²) in [5, 5.41) is 0.386. The molecule has 0 atom stereocenters. The maximum Gasteiger partial charge on any atom is 0.308 e. The number of para-hydroxylation sites is 1. The van der Waals surface area contributed by atoms with Crippen LogP contribution in [-0.4, -0.2) is 22.4 Å². The molecule has 1 heterocycles. The van der Waals surface area contributed by atoms with Crippen LogP contribution in [0.15, 0.2) is 57.8 Å². The van der Waals surface area contributed by atoms with Crippen LogP contribution in [0.5, 0.6) is 5.75 Å². The Kier molecular flexibility index (Phi) is 5.65. The number of pyridine rings is 1. The van der Waals surface area contributed by atoms with Crippen LogP contribution >= 0.6 is 15.9 Å².